The Balaban J connectivity index is 1.80. The van der Waals surface area contributed by atoms with Gasteiger partial charge in [-0.1, -0.05) is 6.07 Å². The van der Waals surface area contributed by atoms with Crippen LogP contribution in [-0.2, 0) is 9.53 Å². The second kappa shape index (κ2) is 5.66. The smallest absolute Gasteiger partial charge is 0.262 e. The maximum atomic E-state index is 11.4. The number of ether oxygens (including phenoxy) is 2. The third-order valence-electron chi connectivity index (χ3n) is 4.66. The minimum absolute atomic E-state index is 0.00330. The number of methoxy groups -OCH3 is 1. The van der Waals surface area contributed by atoms with Crippen molar-refractivity contribution in [1.29, 1.82) is 0 Å². The molecule has 1 aromatic rings. The van der Waals surface area contributed by atoms with Gasteiger partial charge in [0.25, 0.3) is 5.91 Å². The van der Waals surface area contributed by atoms with Gasteiger partial charge in [0.15, 0.2) is 6.61 Å². The van der Waals surface area contributed by atoms with Gasteiger partial charge in [-0.3, -0.25) is 4.79 Å². The van der Waals surface area contributed by atoms with Crippen LogP contribution in [0.3, 0.4) is 0 Å². The molecule has 1 saturated carbocycles. The Labute approximate surface area is 125 Å². The fourth-order valence-corrected chi connectivity index (χ4v) is 3.14. The summed E-state index contributed by atoms with van der Waals surface area (Å²) in [5.74, 6) is 0.631. The molecule has 1 aromatic carbocycles. The third-order valence-corrected chi connectivity index (χ3v) is 4.66. The van der Waals surface area contributed by atoms with Gasteiger partial charge in [0.1, 0.15) is 5.75 Å². The van der Waals surface area contributed by atoms with Crippen LogP contribution in [0, 0.1) is 0 Å². The molecule has 1 fully saturated rings. The molecule has 0 spiro atoms. The van der Waals surface area contributed by atoms with Crippen molar-refractivity contribution < 1.29 is 14.3 Å². The molecule has 2 N–H and O–H groups in total. The van der Waals surface area contributed by atoms with Crippen LogP contribution in [0.5, 0.6) is 5.75 Å². The standard InChI is InChI=1S/C16H22N2O3/c1-17-13(9-16(20-2)6-3-7-16)11-4-5-14-12(8-11)18-15(19)10-21-14/h4-5,8,13,17H,3,6-7,9-10H2,1-2H3,(H,18,19). The first kappa shape index (κ1) is 14.4. The molecule has 5 nitrogen and oxygen atoms in total. The number of nitrogens with one attached hydrogen (secondary N) is 2. The first-order valence-corrected chi connectivity index (χ1v) is 7.45. The number of hydrogen-bond acceptors (Lipinski definition) is 4. The van der Waals surface area contributed by atoms with E-state index in [9.17, 15) is 4.79 Å². The molecule has 0 saturated heterocycles. The highest BCUT2D eigenvalue weighted by Crippen LogP contribution is 2.42. The van der Waals surface area contributed by atoms with Gasteiger partial charge >= 0.3 is 0 Å². The van der Waals surface area contributed by atoms with Crippen molar-refractivity contribution in [1.82, 2.24) is 5.32 Å². The maximum absolute atomic E-state index is 11.4. The highest BCUT2D eigenvalue weighted by Gasteiger charge is 2.39. The SMILES string of the molecule is CNC(CC1(OC)CCC1)c1ccc2c(c1)NC(=O)CO2. The Morgan fingerprint density at radius 3 is 2.90 bits per heavy atom. The molecule has 1 unspecified atom stereocenters. The van der Waals surface area contributed by atoms with Gasteiger partial charge < -0.3 is 20.1 Å². The molecule has 1 aliphatic heterocycles. The van der Waals surface area contributed by atoms with Crippen LogP contribution in [0.2, 0.25) is 0 Å². The number of carbonyl (C=O) groups excluding carboxylic acids is 1. The first-order chi connectivity index (χ1) is 10.2. The van der Waals surface area contributed by atoms with E-state index in [1.54, 1.807) is 7.11 Å². The van der Waals surface area contributed by atoms with Crippen LogP contribution < -0.4 is 15.4 Å². The third kappa shape index (κ3) is 2.76. The summed E-state index contributed by atoms with van der Waals surface area (Å²) in [4.78, 5) is 11.4. The van der Waals surface area contributed by atoms with Crippen LogP contribution >= 0.6 is 0 Å². The van der Waals surface area contributed by atoms with Gasteiger partial charge in [-0.05, 0) is 50.4 Å². The molecule has 0 bridgehead atoms. The molecule has 114 valence electrons. The number of amides is 1. The molecular formula is C16H22N2O3. The van der Waals surface area contributed by atoms with Crippen molar-refractivity contribution >= 4 is 11.6 Å². The van der Waals surface area contributed by atoms with E-state index in [-0.39, 0.29) is 24.2 Å². The molecule has 0 aromatic heterocycles. The second-order valence-electron chi connectivity index (χ2n) is 5.88. The normalized spacial score (nSPS) is 20.8. The predicted octanol–water partition coefficient (Wildman–Crippen LogP) is 2.24. The quantitative estimate of drug-likeness (QED) is 0.873. The fourth-order valence-electron chi connectivity index (χ4n) is 3.14. The summed E-state index contributed by atoms with van der Waals surface area (Å²) >= 11 is 0. The summed E-state index contributed by atoms with van der Waals surface area (Å²) in [6.45, 7) is 0.0919. The van der Waals surface area contributed by atoms with Crippen LogP contribution in [0.25, 0.3) is 0 Å². The van der Waals surface area contributed by atoms with Crippen LogP contribution in [-0.4, -0.2) is 32.3 Å². The number of fused-ring (bicyclic) bond motifs is 1. The van der Waals surface area contributed by atoms with Crippen molar-refractivity contribution in [2.45, 2.75) is 37.3 Å². The highest BCUT2D eigenvalue weighted by molar-refractivity contribution is 5.95. The lowest BCUT2D eigenvalue weighted by Crippen LogP contribution is -2.42. The lowest BCUT2D eigenvalue weighted by Gasteiger charge is -2.43. The zero-order valence-electron chi connectivity index (χ0n) is 12.6. The van der Waals surface area contributed by atoms with Crippen molar-refractivity contribution in [3.8, 4) is 5.75 Å². The average Bonchev–Trinajstić information content (AvgIpc) is 2.46. The number of carbonyl (C=O) groups is 1. The van der Waals surface area contributed by atoms with E-state index in [1.807, 2.05) is 19.2 Å². The van der Waals surface area contributed by atoms with E-state index in [1.165, 1.54) is 6.42 Å². The van der Waals surface area contributed by atoms with Crippen molar-refractivity contribution in [3.05, 3.63) is 23.8 Å². The largest absolute Gasteiger partial charge is 0.482 e. The lowest BCUT2D eigenvalue weighted by atomic mass is 9.74. The maximum Gasteiger partial charge on any atom is 0.262 e. The molecule has 1 aliphatic carbocycles. The Kier molecular flexibility index (Phi) is 3.87. The van der Waals surface area contributed by atoms with Crippen molar-refractivity contribution in [3.63, 3.8) is 0 Å². The van der Waals surface area contributed by atoms with Crippen molar-refractivity contribution in [2.24, 2.45) is 0 Å². The van der Waals surface area contributed by atoms with E-state index in [0.29, 0.717) is 0 Å². The molecule has 2 aliphatic rings. The molecule has 3 rings (SSSR count). The van der Waals surface area contributed by atoms with Crippen LogP contribution in [0.4, 0.5) is 5.69 Å². The van der Waals surface area contributed by atoms with Gasteiger partial charge in [-0.15, -0.1) is 0 Å². The molecule has 1 atom stereocenters. The van der Waals surface area contributed by atoms with Crippen LogP contribution in [0.1, 0.15) is 37.3 Å². The topological polar surface area (TPSA) is 59.6 Å². The zero-order valence-corrected chi connectivity index (χ0v) is 12.6. The summed E-state index contributed by atoms with van der Waals surface area (Å²) in [5, 5.41) is 6.22. The number of anilines is 1. The van der Waals surface area contributed by atoms with E-state index in [2.05, 4.69) is 16.7 Å². The van der Waals surface area contributed by atoms with E-state index < -0.39 is 0 Å². The second-order valence-corrected chi connectivity index (χ2v) is 5.88. The molecular weight excluding hydrogens is 268 g/mol. The van der Waals surface area contributed by atoms with E-state index >= 15 is 0 Å². The van der Waals surface area contributed by atoms with Crippen molar-refractivity contribution in [2.75, 3.05) is 26.1 Å². The fraction of sp³-hybridized carbons (Fsp3) is 0.562. The van der Waals surface area contributed by atoms with E-state index in [4.69, 9.17) is 9.47 Å². The zero-order chi connectivity index (χ0) is 14.9. The molecule has 21 heavy (non-hydrogen) atoms. The number of hydrogen-bond donors (Lipinski definition) is 2. The predicted molar refractivity (Wildman–Crippen MR) is 80.6 cm³/mol. The Hall–Kier alpha value is -1.59. The summed E-state index contributed by atoms with van der Waals surface area (Å²) in [6, 6.07) is 6.18. The van der Waals surface area contributed by atoms with Gasteiger partial charge in [0.2, 0.25) is 0 Å². The first-order valence-electron chi connectivity index (χ1n) is 7.45. The minimum Gasteiger partial charge on any atom is -0.482 e. The molecule has 1 heterocycles. The number of rotatable bonds is 5. The number of benzene rings is 1. The monoisotopic (exact) mass is 290 g/mol. The van der Waals surface area contributed by atoms with Gasteiger partial charge in [-0.25, -0.2) is 0 Å². The summed E-state index contributed by atoms with van der Waals surface area (Å²) in [7, 11) is 3.76. The average molecular weight is 290 g/mol. The molecule has 5 heteroatoms. The van der Waals surface area contributed by atoms with Crippen LogP contribution in [0.15, 0.2) is 18.2 Å². The summed E-state index contributed by atoms with van der Waals surface area (Å²) in [5.41, 5.74) is 1.90. The lowest BCUT2D eigenvalue weighted by molar-refractivity contribution is -0.118. The highest BCUT2D eigenvalue weighted by atomic mass is 16.5. The molecule has 1 amide bonds. The minimum atomic E-state index is -0.104. The van der Waals surface area contributed by atoms with Gasteiger partial charge in [0, 0.05) is 13.2 Å². The Bertz CT molecular complexity index is 535. The Morgan fingerprint density at radius 1 is 1.48 bits per heavy atom. The summed E-state index contributed by atoms with van der Waals surface area (Å²) < 4.78 is 11.1. The Morgan fingerprint density at radius 2 is 2.29 bits per heavy atom. The van der Waals surface area contributed by atoms with Gasteiger partial charge in [-0.2, -0.15) is 0 Å². The summed E-state index contributed by atoms with van der Waals surface area (Å²) in [6.07, 6.45) is 4.41. The van der Waals surface area contributed by atoms with E-state index in [0.717, 1.165) is 36.3 Å². The van der Waals surface area contributed by atoms with Gasteiger partial charge in [0.05, 0.1) is 11.3 Å². The molecule has 0 radical (unpaired) electrons.